The molecule has 1 aromatic carbocycles. The van der Waals surface area contributed by atoms with Crippen LogP contribution in [0.2, 0.25) is 0 Å². The van der Waals surface area contributed by atoms with Crippen molar-refractivity contribution in [2.45, 2.75) is 52.6 Å². The number of rotatable bonds is 12. The quantitative estimate of drug-likeness (QED) is 0.578. The number of ether oxygens (including phenoxy) is 3. The van der Waals surface area contributed by atoms with E-state index in [0.717, 1.165) is 11.3 Å². The van der Waals surface area contributed by atoms with E-state index in [1.54, 1.807) is 0 Å². The van der Waals surface area contributed by atoms with Crippen LogP contribution in [0.1, 0.15) is 33.3 Å². The molecule has 5 nitrogen and oxygen atoms in total. The van der Waals surface area contributed by atoms with Crippen molar-refractivity contribution >= 4 is 0 Å². The summed E-state index contributed by atoms with van der Waals surface area (Å²) in [6, 6.07) is 8.15. The summed E-state index contributed by atoms with van der Waals surface area (Å²) in [6.07, 6.45) is -0.259. The average Bonchev–Trinajstić information content (AvgIpc) is 2.51. The summed E-state index contributed by atoms with van der Waals surface area (Å²) in [5.41, 5.74) is 1.06. The zero-order valence-electron chi connectivity index (χ0n) is 14.7. The van der Waals surface area contributed by atoms with Gasteiger partial charge in [0.1, 0.15) is 12.4 Å². The van der Waals surface area contributed by atoms with E-state index in [9.17, 15) is 5.11 Å². The fraction of sp³-hybridized carbons (Fsp3) is 0.667. The molecule has 0 aliphatic rings. The largest absolute Gasteiger partial charge is 0.491 e. The van der Waals surface area contributed by atoms with Crippen molar-refractivity contribution in [3.05, 3.63) is 29.8 Å². The Bertz CT molecular complexity index is 406. The summed E-state index contributed by atoms with van der Waals surface area (Å²) in [7, 11) is 0. The van der Waals surface area contributed by atoms with E-state index in [0.29, 0.717) is 39.0 Å². The van der Waals surface area contributed by atoms with Gasteiger partial charge in [-0.05, 0) is 31.5 Å². The van der Waals surface area contributed by atoms with Crippen LogP contribution in [0.3, 0.4) is 0 Å². The van der Waals surface area contributed by atoms with E-state index >= 15 is 0 Å². The maximum absolute atomic E-state index is 9.76. The summed E-state index contributed by atoms with van der Waals surface area (Å²) in [5, 5.41) is 12.9. The summed E-state index contributed by atoms with van der Waals surface area (Å²) in [6.45, 7) is 10.6. The summed E-state index contributed by atoms with van der Waals surface area (Å²) >= 11 is 0. The van der Waals surface area contributed by atoms with Crippen molar-refractivity contribution in [2.75, 3.05) is 26.4 Å². The van der Waals surface area contributed by atoms with Crippen molar-refractivity contribution in [2.24, 2.45) is 0 Å². The minimum Gasteiger partial charge on any atom is -0.491 e. The molecule has 0 radical (unpaired) electrons. The van der Waals surface area contributed by atoms with Crippen molar-refractivity contribution < 1.29 is 19.3 Å². The SMILES string of the molecule is CC(C)NCC(O)COCc1ccc(OCCOC(C)C)cc1. The molecule has 0 fully saturated rings. The van der Waals surface area contributed by atoms with Crippen LogP contribution in [-0.2, 0) is 16.1 Å². The molecule has 0 spiro atoms. The summed E-state index contributed by atoms with van der Waals surface area (Å²) in [4.78, 5) is 0. The zero-order chi connectivity index (χ0) is 17.1. The lowest BCUT2D eigenvalue weighted by Crippen LogP contribution is -2.34. The van der Waals surface area contributed by atoms with Gasteiger partial charge in [-0.1, -0.05) is 26.0 Å². The lowest BCUT2D eigenvalue weighted by atomic mass is 10.2. The van der Waals surface area contributed by atoms with Crippen LogP contribution in [-0.4, -0.2) is 49.7 Å². The van der Waals surface area contributed by atoms with Gasteiger partial charge in [-0.15, -0.1) is 0 Å². The van der Waals surface area contributed by atoms with E-state index in [1.165, 1.54) is 0 Å². The Morgan fingerprint density at radius 3 is 2.35 bits per heavy atom. The van der Waals surface area contributed by atoms with E-state index in [1.807, 2.05) is 52.0 Å². The first-order valence-corrected chi connectivity index (χ1v) is 8.30. The predicted molar refractivity (Wildman–Crippen MR) is 91.8 cm³/mol. The molecule has 0 aliphatic carbocycles. The van der Waals surface area contributed by atoms with E-state index in [4.69, 9.17) is 14.2 Å². The molecule has 1 unspecified atom stereocenters. The Kier molecular flexibility index (Phi) is 9.87. The maximum Gasteiger partial charge on any atom is 0.119 e. The fourth-order valence-corrected chi connectivity index (χ4v) is 1.87. The highest BCUT2D eigenvalue weighted by Crippen LogP contribution is 2.13. The first-order valence-electron chi connectivity index (χ1n) is 8.30. The van der Waals surface area contributed by atoms with Crippen molar-refractivity contribution in [3.63, 3.8) is 0 Å². The van der Waals surface area contributed by atoms with Gasteiger partial charge >= 0.3 is 0 Å². The average molecular weight is 325 g/mol. The van der Waals surface area contributed by atoms with E-state index in [-0.39, 0.29) is 6.10 Å². The van der Waals surface area contributed by atoms with Gasteiger partial charge in [0.05, 0.1) is 32.0 Å². The molecule has 0 amide bonds. The monoisotopic (exact) mass is 325 g/mol. The third-order valence-corrected chi connectivity index (χ3v) is 3.07. The van der Waals surface area contributed by atoms with Gasteiger partial charge < -0.3 is 24.6 Å². The number of aliphatic hydroxyl groups excluding tert-OH is 1. The van der Waals surface area contributed by atoms with Crippen molar-refractivity contribution in [1.82, 2.24) is 5.32 Å². The van der Waals surface area contributed by atoms with Gasteiger partial charge in [-0.25, -0.2) is 0 Å². The number of hydrogen-bond donors (Lipinski definition) is 2. The second-order valence-electron chi connectivity index (χ2n) is 6.14. The van der Waals surface area contributed by atoms with Gasteiger partial charge in [0.2, 0.25) is 0 Å². The van der Waals surface area contributed by atoms with Crippen LogP contribution in [0.5, 0.6) is 5.75 Å². The molecular weight excluding hydrogens is 294 g/mol. The maximum atomic E-state index is 9.76. The van der Waals surface area contributed by atoms with Gasteiger partial charge in [0, 0.05) is 12.6 Å². The van der Waals surface area contributed by atoms with Gasteiger partial charge in [-0.2, -0.15) is 0 Å². The highest BCUT2D eigenvalue weighted by Gasteiger charge is 2.05. The summed E-state index contributed by atoms with van der Waals surface area (Å²) in [5.74, 6) is 0.822. The van der Waals surface area contributed by atoms with Crippen LogP contribution >= 0.6 is 0 Å². The minimum absolute atomic E-state index is 0.226. The zero-order valence-corrected chi connectivity index (χ0v) is 14.7. The highest BCUT2D eigenvalue weighted by molar-refractivity contribution is 5.26. The number of aliphatic hydroxyl groups is 1. The molecule has 0 bridgehead atoms. The Morgan fingerprint density at radius 2 is 1.74 bits per heavy atom. The third-order valence-electron chi connectivity index (χ3n) is 3.07. The normalized spacial score (nSPS) is 12.8. The van der Waals surface area contributed by atoms with Crippen LogP contribution in [0.15, 0.2) is 24.3 Å². The number of benzene rings is 1. The molecule has 1 atom stereocenters. The van der Waals surface area contributed by atoms with Gasteiger partial charge in [-0.3, -0.25) is 0 Å². The van der Waals surface area contributed by atoms with Crippen LogP contribution < -0.4 is 10.1 Å². The molecule has 5 heteroatoms. The Morgan fingerprint density at radius 1 is 1.04 bits per heavy atom. The van der Waals surface area contributed by atoms with Crippen molar-refractivity contribution in [1.29, 1.82) is 0 Å². The fourth-order valence-electron chi connectivity index (χ4n) is 1.87. The van der Waals surface area contributed by atoms with Gasteiger partial charge in [0.25, 0.3) is 0 Å². The molecular formula is C18H31NO4. The molecule has 2 N–H and O–H groups in total. The van der Waals surface area contributed by atoms with Crippen molar-refractivity contribution in [3.8, 4) is 5.75 Å². The highest BCUT2D eigenvalue weighted by atomic mass is 16.5. The molecule has 0 saturated carbocycles. The molecule has 0 heterocycles. The Hall–Kier alpha value is -1.14. The number of nitrogens with one attached hydrogen (secondary N) is 1. The molecule has 1 rings (SSSR count). The molecule has 1 aromatic rings. The van der Waals surface area contributed by atoms with Crippen LogP contribution in [0, 0.1) is 0 Å². The molecule has 0 aliphatic heterocycles. The Balaban J connectivity index is 2.18. The van der Waals surface area contributed by atoms with E-state index < -0.39 is 6.10 Å². The first kappa shape index (κ1) is 19.9. The lowest BCUT2D eigenvalue weighted by molar-refractivity contribution is 0.0280. The minimum atomic E-state index is -0.485. The van der Waals surface area contributed by atoms with E-state index in [2.05, 4.69) is 5.32 Å². The first-order chi connectivity index (χ1) is 11.0. The van der Waals surface area contributed by atoms with Crippen LogP contribution in [0.25, 0.3) is 0 Å². The molecule has 0 saturated heterocycles. The lowest BCUT2D eigenvalue weighted by Gasteiger charge is -2.14. The molecule has 23 heavy (non-hydrogen) atoms. The second kappa shape index (κ2) is 11.4. The Labute approximate surface area is 139 Å². The number of hydrogen-bond acceptors (Lipinski definition) is 5. The molecule has 132 valence electrons. The molecule has 0 aromatic heterocycles. The summed E-state index contributed by atoms with van der Waals surface area (Å²) < 4.78 is 16.5. The predicted octanol–water partition coefficient (Wildman–Crippen LogP) is 2.37. The third kappa shape index (κ3) is 10.3. The van der Waals surface area contributed by atoms with Crippen LogP contribution in [0.4, 0.5) is 0 Å². The topological polar surface area (TPSA) is 60.0 Å². The smallest absolute Gasteiger partial charge is 0.119 e. The standard InChI is InChI=1S/C18H31NO4/c1-14(2)19-11-17(20)13-21-12-16-5-7-18(8-6-16)23-10-9-22-15(3)4/h5-8,14-15,17,19-20H,9-13H2,1-4H3. The van der Waals surface area contributed by atoms with Gasteiger partial charge in [0.15, 0.2) is 0 Å². The second-order valence-corrected chi connectivity index (χ2v) is 6.14.